The monoisotopic (exact) mass is 276 g/mol. The van der Waals surface area contributed by atoms with Gasteiger partial charge in [-0.3, -0.25) is 9.59 Å². The van der Waals surface area contributed by atoms with Gasteiger partial charge in [0.25, 0.3) is 0 Å². The van der Waals surface area contributed by atoms with Crippen LogP contribution in [-0.2, 0) is 16.1 Å². The van der Waals surface area contributed by atoms with E-state index >= 15 is 0 Å². The second kappa shape index (κ2) is 6.45. The van der Waals surface area contributed by atoms with Gasteiger partial charge in [0, 0.05) is 19.2 Å². The largest absolute Gasteiger partial charge is 0.344 e. The van der Waals surface area contributed by atoms with Crippen molar-refractivity contribution in [2.75, 3.05) is 6.54 Å². The lowest BCUT2D eigenvalue weighted by Crippen LogP contribution is -2.48. The van der Waals surface area contributed by atoms with E-state index in [1.807, 2.05) is 13.8 Å². The number of amides is 2. The van der Waals surface area contributed by atoms with Gasteiger partial charge in [0.2, 0.25) is 11.8 Å². The highest BCUT2D eigenvalue weighted by Crippen LogP contribution is 2.15. The van der Waals surface area contributed by atoms with Crippen molar-refractivity contribution in [3.8, 4) is 0 Å². The summed E-state index contributed by atoms with van der Waals surface area (Å²) in [4.78, 5) is 34.0. The number of carbonyl (C=O) groups excluding carboxylic acids is 2. The van der Waals surface area contributed by atoms with E-state index in [0.717, 1.165) is 12.1 Å². The normalized spacial score (nSPS) is 21.3. The molecule has 0 aliphatic carbocycles. The van der Waals surface area contributed by atoms with E-state index in [1.54, 1.807) is 17.2 Å². The summed E-state index contributed by atoms with van der Waals surface area (Å²) < 4.78 is 0. The standard InChI is InChI=1S/C14H20N4O2/c1-3-10(2)13-14(20)18(7-5-12(19)17-13)8-11-4-6-15-9-16-11/h4,6,9-10,13H,3,5,7-8H2,1-2H3,(H,17,19). The summed E-state index contributed by atoms with van der Waals surface area (Å²) in [5.74, 6) is 0.0371. The van der Waals surface area contributed by atoms with E-state index in [-0.39, 0.29) is 17.7 Å². The summed E-state index contributed by atoms with van der Waals surface area (Å²) in [6, 6.07) is 1.35. The number of hydrogen-bond acceptors (Lipinski definition) is 4. The summed E-state index contributed by atoms with van der Waals surface area (Å²) in [5.41, 5.74) is 0.783. The Balaban J connectivity index is 2.15. The Morgan fingerprint density at radius 2 is 2.30 bits per heavy atom. The van der Waals surface area contributed by atoms with Crippen molar-refractivity contribution in [2.24, 2.45) is 5.92 Å². The zero-order chi connectivity index (χ0) is 14.5. The lowest BCUT2D eigenvalue weighted by molar-refractivity contribution is -0.135. The molecule has 2 amide bonds. The first-order valence-electron chi connectivity index (χ1n) is 6.95. The molecular weight excluding hydrogens is 256 g/mol. The van der Waals surface area contributed by atoms with Crippen molar-refractivity contribution >= 4 is 11.8 Å². The van der Waals surface area contributed by atoms with Gasteiger partial charge in [0.05, 0.1) is 12.2 Å². The Kier molecular flexibility index (Phi) is 4.65. The molecule has 0 radical (unpaired) electrons. The molecule has 6 heteroatoms. The molecule has 2 unspecified atom stereocenters. The summed E-state index contributed by atoms with van der Waals surface area (Å²) in [7, 11) is 0. The number of nitrogens with one attached hydrogen (secondary N) is 1. The average Bonchev–Trinajstić information content (AvgIpc) is 2.61. The van der Waals surface area contributed by atoms with Crippen molar-refractivity contribution in [3.63, 3.8) is 0 Å². The van der Waals surface area contributed by atoms with Gasteiger partial charge in [-0.25, -0.2) is 9.97 Å². The fourth-order valence-electron chi connectivity index (χ4n) is 2.24. The predicted molar refractivity (Wildman–Crippen MR) is 73.5 cm³/mol. The SMILES string of the molecule is CCC(C)C1NC(=O)CCN(Cc2ccncn2)C1=O. The molecule has 108 valence electrons. The number of carbonyl (C=O) groups is 2. The van der Waals surface area contributed by atoms with Gasteiger partial charge in [-0.15, -0.1) is 0 Å². The minimum absolute atomic E-state index is 0.0242. The van der Waals surface area contributed by atoms with Crippen LogP contribution in [0.4, 0.5) is 0 Å². The lowest BCUT2D eigenvalue weighted by Gasteiger charge is -2.26. The topological polar surface area (TPSA) is 75.2 Å². The highest BCUT2D eigenvalue weighted by atomic mass is 16.2. The summed E-state index contributed by atoms with van der Waals surface area (Å²) in [6.07, 6.45) is 4.30. The maximum Gasteiger partial charge on any atom is 0.245 e. The molecule has 2 rings (SSSR count). The Morgan fingerprint density at radius 1 is 1.50 bits per heavy atom. The van der Waals surface area contributed by atoms with Crippen LogP contribution in [0.3, 0.4) is 0 Å². The molecule has 0 bridgehead atoms. The first-order chi connectivity index (χ1) is 9.61. The molecule has 1 aliphatic heterocycles. The number of aromatic nitrogens is 2. The van der Waals surface area contributed by atoms with E-state index < -0.39 is 6.04 Å². The van der Waals surface area contributed by atoms with Crippen LogP contribution in [0.2, 0.25) is 0 Å². The molecule has 6 nitrogen and oxygen atoms in total. The molecule has 1 aromatic heterocycles. The minimum atomic E-state index is -0.433. The van der Waals surface area contributed by atoms with Crippen LogP contribution in [0.5, 0.6) is 0 Å². The molecule has 1 aliphatic rings. The van der Waals surface area contributed by atoms with Crippen molar-refractivity contribution < 1.29 is 9.59 Å². The van der Waals surface area contributed by atoms with E-state index in [1.165, 1.54) is 6.33 Å². The molecule has 1 saturated heterocycles. The number of rotatable bonds is 4. The average molecular weight is 276 g/mol. The van der Waals surface area contributed by atoms with Gasteiger partial charge in [-0.05, 0) is 12.0 Å². The summed E-state index contributed by atoms with van der Waals surface area (Å²) in [6.45, 7) is 4.85. The third kappa shape index (κ3) is 3.31. The molecular formula is C14H20N4O2. The Labute approximate surface area is 118 Å². The molecule has 1 fully saturated rings. The summed E-state index contributed by atoms with van der Waals surface area (Å²) >= 11 is 0. The zero-order valence-electron chi connectivity index (χ0n) is 11.9. The molecule has 0 aromatic carbocycles. The van der Waals surface area contributed by atoms with Crippen LogP contribution in [0, 0.1) is 5.92 Å². The second-order valence-corrected chi connectivity index (χ2v) is 5.14. The van der Waals surface area contributed by atoms with Crippen molar-refractivity contribution in [2.45, 2.75) is 39.3 Å². The number of hydrogen-bond donors (Lipinski definition) is 1. The quantitative estimate of drug-likeness (QED) is 0.880. The van der Waals surface area contributed by atoms with Crippen molar-refractivity contribution in [3.05, 3.63) is 24.3 Å². The van der Waals surface area contributed by atoms with Gasteiger partial charge in [0.15, 0.2) is 0 Å². The molecule has 1 N–H and O–H groups in total. The van der Waals surface area contributed by atoms with Crippen LogP contribution in [0.25, 0.3) is 0 Å². The van der Waals surface area contributed by atoms with Gasteiger partial charge >= 0.3 is 0 Å². The van der Waals surface area contributed by atoms with Crippen LogP contribution in [0.15, 0.2) is 18.6 Å². The zero-order valence-corrected chi connectivity index (χ0v) is 11.9. The van der Waals surface area contributed by atoms with Gasteiger partial charge in [-0.2, -0.15) is 0 Å². The van der Waals surface area contributed by atoms with Gasteiger partial charge in [-0.1, -0.05) is 20.3 Å². The first-order valence-corrected chi connectivity index (χ1v) is 6.95. The molecule has 2 atom stereocenters. The molecule has 2 heterocycles. The Bertz CT molecular complexity index is 477. The summed E-state index contributed by atoms with van der Waals surface area (Å²) in [5, 5.41) is 2.83. The number of nitrogens with zero attached hydrogens (tertiary/aromatic N) is 3. The van der Waals surface area contributed by atoms with Crippen LogP contribution < -0.4 is 5.32 Å². The third-order valence-corrected chi connectivity index (χ3v) is 3.71. The Morgan fingerprint density at radius 3 is 2.95 bits per heavy atom. The lowest BCUT2D eigenvalue weighted by atomic mass is 9.98. The van der Waals surface area contributed by atoms with E-state index in [0.29, 0.717) is 19.5 Å². The highest BCUT2D eigenvalue weighted by molar-refractivity contribution is 5.90. The first kappa shape index (κ1) is 14.4. The van der Waals surface area contributed by atoms with E-state index in [9.17, 15) is 9.59 Å². The van der Waals surface area contributed by atoms with Crippen molar-refractivity contribution in [1.82, 2.24) is 20.2 Å². The molecule has 1 aromatic rings. The van der Waals surface area contributed by atoms with Gasteiger partial charge < -0.3 is 10.2 Å². The molecule has 0 saturated carbocycles. The van der Waals surface area contributed by atoms with E-state index in [4.69, 9.17) is 0 Å². The fourth-order valence-corrected chi connectivity index (χ4v) is 2.24. The maximum atomic E-state index is 12.6. The molecule has 20 heavy (non-hydrogen) atoms. The van der Waals surface area contributed by atoms with E-state index in [2.05, 4.69) is 15.3 Å². The van der Waals surface area contributed by atoms with Crippen molar-refractivity contribution in [1.29, 1.82) is 0 Å². The van der Waals surface area contributed by atoms with Gasteiger partial charge in [0.1, 0.15) is 12.4 Å². The molecule has 0 spiro atoms. The third-order valence-electron chi connectivity index (χ3n) is 3.71. The minimum Gasteiger partial charge on any atom is -0.344 e. The highest BCUT2D eigenvalue weighted by Gasteiger charge is 2.32. The maximum absolute atomic E-state index is 12.6. The van der Waals surface area contributed by atoms with Crippen LogP contribution in [-0.4, -0.2) is 39.3 Å². The van der Waals surface area contributed by atoms with Crippen LogP contribution >= 0.6 is 0 Å². The smallest absolute Gasteiger partial charge is 0.245 e. The fraction of sp³-hybridized carbons (Fsp3) is 0.571. The van der Waals surface area contributed by atoms with Crippen LogP contribution in [0.1, 0.15) is 32.4 Å². The Hall–Kier alpha value is -1.98. The second-order valence-electron chi connectivity index (χ2n) is 5.14. The predicted octanol–water partition coefficient (Wildman–Crippen LogP) is 0.740.